The molecule has 0 aromatic carbocycles. The van der Waals surface area contributed by atoms with Gasteiger partial charge in [-0.1, -0.05) is 20.8 Å². The van der Waals surface area contributed by atoms with Gasteiger partial charge >= 0.3 is 0 Å². The molecule has 2 heteroatoms. The number of nitrogens with zero attached hydrogens (tertiary/aromatic N) is 1. The van der Waals surface area contributed by atoms with Gasteiger partial charge < -0.3 is 5.32 Å². The van der Waals surface area contributed by atoms with Gasteiger partial charge in [0.15, 0.2) is 0 Å². The molecule has 0 aromatic rings. The third-order valence-corrected chi connectivity index (χ3v) is 4.60. The molecule has 2 nitrogen and oxygen atoms in total. The highest BCUT2D eigenvalue weighted by molar-refractivity contribution is 4.94. The van der Waals surface area contributed by atoms with Crippen molar-refractivity contribution in [3.8, 4) is 0 Å². The lowest BCUT2D eigenvalue weighted by Gasteiger charge is -2.45. The highest BCUT2D eigenvalue weighted by Gasteiger charge is 2.37. The Labute approximate surface area is 101 Å². The molecule has 16 heavy (non-hydrogen) atoms. The highest BCUT2D eigenvalue weighted by Crippen LogP contribution is 2.36. The Morgan fingerprint density at radius 1 is 1.25 bits per heavy atom. The zero-order valence-electron chi connectivity index (χ0n) is 11.4. The van der Waals surface area contributed by atoms with E-state index in [9.17, 15) is 0 Å². The van der Waals surface area contributed by atoms with Crippen molar-refractivity contribution in [3.63, 3.8) is 0 Å². The third-order valence-electron chi connectivity index (χ3n) is 4.60. The predicted octanol–water partition coefficient (Wildman–Crippen LogP) is 2.49. The Kier molecular flexibility index (Phi) is 3.91. The molecule has 0 spiro atoms. The molecule has 0 amide bonds. The van der Waals surface area contributed by atoms with Crippen molar-refractivity contribution in [2.75, 3.05) is 13.1 Å². The molecule has 1 aliphatic carbocycles. The van der Waals surface area contributed by atoms with Gasteiger partial charge in [-0.25, -0.2) is 0 Å². The molecular formula is C14H28N2. The van der Waals surface area contributed by atoms with Crippen LogP contribution in [0.5, 0.6) is 0 Å². The molecule has 1 saturated heterocycles. The molecule has 2 aliphatic rings. The summed E-state index contributed by atoms with van der Waals surface area (Å²) in [5.74, 6) is 1.76. The summed E-state index contributed by atoms with van der Waals surface area (Å²) in [5.41, 5.74) is 0. The molecule has 0 aromatic heterocycles. The fourth-order valence-electron chi connectivity index (χ4n) is 3.02. The first-order chi connectivity index (χ1) is 7.63. The normalized spacial score (nSPS) is 34.3. The van der Waals surface area contributed by atoms with Crippen molar-refractivity contribution >= 4 is 0 Å². The van der Waals surface area contributed by atoms with Crippen molar-refractivity contribution in [1.82, 2.24) is 10.2 Å². The highest BCUT2D eigenvalue weighted by atomic mass is 15.3. The minimum absolute atomic E-state index is 0.698. The van der Waals surface area contributed by atoms with Crippen LogP contribution in [0.1, 0.15) is 47.0 Å². The van der Waals surface area contributed by atoms with Gasteiger partial charge in [-0.05, 0) is 38.0 Å². The van der Waals surface area contributed by atoms with Crippen molar-refractivity contribution in [1.29, 1.82) is 0 Å². The van der Waals surface area contributed by atoms with E-state index >= 15 is 0 Å². The molecule has 3 atom stereocenters. The van der Waals surface area contributed by atoms with Crippen LogP contribution in [0.4, 0.5) is 0 Å². The smallest absolute Gasteiger partial charge is 0.0221 e. The van der Waals surface area contributed by atoms with E-state index in [2.05, 4.69) is 37.9 Å². The topological polar surface area (TPSA) is 15.3 Å². The summed E-state index contributed by atoms with van der Waals surface area (Å²) in [6.07, 6.45) is 4.22. The monoisotopic (exact) mass is 224 g/mol. The number of nitrogens with one attached hydrogen (secondary N) is 1. The minimum atomic E-state index is 0.698. The van der Waals surface area contributed by atoms with E-state index < -0.39 is 0 Å². The Morgan fingerprint density at radius 2 is 1.94 bits per heavy atom. The second-order valence-electron chi connectivity index (χ2n) is 6.10. The number of hydrogen-bond acceptors (Lipinski definition) is 2. The summed E-state index contributed by atoms with van der Waals surface area (Å²) in [5, 5.41) is 3.72. The van der Waals surface area contributed by atoms with Crippen LogP contribution < -0.4 is 5.32 Å². The quantitative estimate of drug-likeness (QED) is 0.789. The van der Waals surface area contributed by atoms with Crippen LogP contribution in [0.3, 0.4) is 0 Å². The maximum absolute atomic E-state index is 3.72. The Hall–Kier alpha value is -0.0800. The van der Waals surface area contributed by atoms with Crippen molar-refractivity contribution in [3.05, 3.63) is 0 Å². The fraction of sp³-hybridized carbons (Fsp3) is 1.00. The van der Waals surface area contributed by atoms with Crippen molar-refractivity contribution in [2.24, 2.45) is 11.8 Å². The molecule has 94 valence electrons. The molecule has 3 unspecified atom stereocenters. The Morgan fingerprint density at radius 3 is 2.44 bits per heavy atom. The van der Waals surface area contributed by atoms with Crippen LogP contribution in [0.25, 0.3) is 0 Å². The lowest BCUT2D eigenvalue weighted by atomic mass is 9.96. The van der Waals surface area contributed by atoms with E-state index in [1.54, 1.807) is 0 Å². The summed E-state index contributed by atoms with van der Waals surface area (Å²) >= 11 is 0. The van der Waals surface area contributed by atoms with E-state index in [4.69, 9.17) is 0 Å². The van der Waals surface area contributed by atoms with Gasteiger partial charge in [-0.2, -0.15) is 0 Å². The van der Waals surface area contributed by atoms with Crippen LogP contribution in [-0.2, 0) is 0 Å². The average molecular weight is 224 g/mol. The van der Waals surface area contributed by atoms with Crippen LogP contribution in [-0.4, -0.2) is 36.1 Å². The van der Waals surface area contributed by atoms with Gasteiger partial charge in [0.25, 0.3) is 0 Å². The van der Waals surface area contributed by atoms with Gasteiger partial charge in [0.05, 0.1) is 0 Å². The summed E-state index contributed by atoms with van der Waals surface area (Å²) in [4.78, 5) is 2.79. The van der Waals surface area contributed by atoms with E-state index in [-0.39, 0.29) is 0 Å². The van der Waals surface area contributed by atoms with E-state index in [1.165, 1.54) is 32.4 Å². The van der Waals surface area contributed by atoms with Crippen LogP contribution in [0, 0.1) is 11.8 Å². The van der Waals surface area contributed by atoms with Gasteiger partial charge in [0.1, 0.15) is 0 Å². The summed E-state index contributed by atoms with van der Waals surface area (Å²) in [6.45, 7) is 11.9. The fourth-order valence-corrected chi connectivity index (χ4v) is 3.02. The summed E-state index contributed by atoms with van der Waals surface area (Å²) in [6, 6.07) is 2.28. The molecular weight excluding hydrogens is 196 g/mol. The summed E-state index contributed by atoms with van der Waals surface area (Å²) in [7, 11) is 0. The lowest BCUT2D eigenvalue weighted by Crippen LogP contribution is -2.60. The zero-order chi connectivity index (χ0) is 11.7. The van der Waals surface area contributed by atoms with Gasteiger partial charge in [0, 0.05) is 31.2 Å². The minimum Gasteiger partial charge on any atom is -0.311 e. The molecule has 2 rings (SSSR count). The van der Waals surface area contributed by atoms with Gasteiger partial charge in [-0.15, -0.1) is 0 Å². The Bertz CT molecular complexity index is 221. The maximum Gasteiger partial charge on any atom is 0.0221 e. The molecule has 0 bridgehead atoms. The molecule has 1 aliphatic heterocycles. The van der Waals surface area contributed by atoms with E-state index in [0.717, 1.165) is 23.9 Å². The van der Waals surface area contributed by atoms with Crippen LogP contribution in [0.2, 0.25) is 0 Å². The van der Waals surface area contributed by atoms with Gasteiger partial charge in [-0.3, -0.25) is 4.90 Å². The first kappa shape index (κ1) is 12.4. The van der Waals surface area contributed by atoms with Crippen molar-refractivity contribution in [2.45, 2.75) is 65.1 Å². The second kappa shape index (κ2) is 5.05. The maximum atomic E-state index is 3.72. The first-order valence-corrected chi connectivity index (χ1v) is 7.12. The van der Waals surface area contributed by atoms with Crippen LogP contribution >= 0.6 is 0 Å². The SMILES string of the molecule is CCC1CNC(C(C)C)CN1C(C)C1CC1. The Balaban J connectivity index is 1.98. The first-order valence-electron chi connectivity index (χ1n) is 7.12. The third kappa shape index (κ3) is 2.60. The molecule has 1 saturated carbocycles. The molecule has 0 radical (unpaired) electrons. The lowest BCUT2D eigenvalue weighted by molar-refractivity contribution is 0.0648. The summed E-state index contributed by atoms with van der Waals surface area (Å²) < 4.78 is 0. The largest absolute Gasteiger partial charge is 0.311 e. The molecule has 1 heterocycles. The second-order valence-corrected chi connectivity index (χ2v) is 6.10. The predicted molar refractivity (Wildman–Crippen MR) is 69.6 cm³/mol. The van der Waals surface area contributed by atoms with E-state index in [1.807, 2.05) is 0 Å². The van der Waals surface area contributed by atoms with E-state index in [0.29, 0.717) is 6.04 Å². The number of piperazine rings is 1. The average Bonchev–Trinajstić information content (AvgIpc) is 3.11. The number of hydrogen-bond donors (Lipinski definition) is 1. The number of rotatable bonds is 4. The molecule has 2 fully saturated rings. The van der Waals surface area contributed by atoms with Gasteiger partial charge in [0.2, 0.25) is 0 Å². The molecule has 1 N–H and O–H groups in total. The van der Waals surface area contributed by atoms with Crippen LogP contribution in [0.15, 0.2) is 0 Å². The standard InChI is InChI=1S/C14H28N2/c1-5-13-8-15-14(10(2)3)9-16(13)11(4)12-6-7-12/h10-15H,5-9H2,1-4H3. The zero-order valence-corrected chi connectivity index (χ0v) is 11.4. The van der Waals surface area contributed by atoms with Crippen molar-refractivity contribution < 1.29 is 0 Å².